The van der Waals surface area contributed by atoms with E-state index in [1.807, 2.05) is 14.1 Å². The van der Waals surface area contributed by atoms with Crippen molar-refractivity contribution in [1.82, 2.24) is 4.90 Å². The van der Waals surface area contributed by atoms with Gasteiger partial charge in [0.2, 0.25) is 0 Å². The van der Waals surface area contributed by atoms with Crippen LogP contribution in [0.2, 0.25) is 0 Å². The Bertz CT molecular complexity index is 312. The van der Waals surface area contributed by atoms with Crippen molar-refractivity contribution in [3.8, 4) is 5.75 Å². The van der Waals surface area contributed by atoms with Crippen LogP contribution < -0.4 is 0 Å². The van der Waals surface area contributed by atoms with Gasteiger partial charge in [-0.05, 0) is 57.6 Å². The summed E-state index contributed by atoms with van der Waals surface area (Å²) in [7, 11) is 4.08. The zero-order valence-corrected chi connectivity index (χ0v) is 9.33. The molecule has 0 fully saturated rings. The number of halogens is 1. The van der Waals surface area contributed by atoms with Crippen LogP contribution in [0.4, 0.5) is 4.39 Å². The molecule has 15 heavy (non-hydrogen) atoms. The Morgan fingerprint density at radius 3 is 2.60 bits per heavy atom. The van der Waals surface area contributed by atoms with E-state index in [2.05, 4.69) is 4.90 Å². The smallest absolute Gasteiger partial charge is 0.165 e. The fraction of sp³-hybridized carbons (Fsp3) is 0.500. The Labute approximate surface area is 90.3 Å². The number of unbranched alkanes of at least 4 members (excludes halogenated alkanes) is 1. The van der Waals surface area contributed by atoms with Crippen molar-refractivity contribution < 1.29 is 9.50 Å². The highest BCUT2D eigenvalue weighted by Gasteiger charge is 2.01. The van der Waals surface area contributed by atoms with Crippen molar-refractivity contribution in [2.24, 2.45) is 0 Å². The van der Waals surface area contributed by atoms with Crippen molar-refractivity contribution in [2.45, 2.75) is 19.3 Å². The van der Waals surface area contributed by atoms with Crippen LogP contribution in [0.1, 0.15) is 18.4 Å². The van der Waals surface area contributed by atoms with Gasteiger partial charge in [-0.2, -0.15) is 0 Å². The molecule has 0 aromatic heterocycles. The fourth-order valence-corrected chi connectivity index (χ4v) is 1.46. The Balaban J connectivity index is 2.35. The first-order valence-corrected chi connectivity index (χ1v) is 5.21. The average Bonchev–Trinajstić information content (AvgIpc) is 2.18. The lowest BCUT2D eigenvalue weighted by molar-refractivity contribution is 0.394. The maximum Gasteiger partial charge on any atom is 0.165 e. The van der Waals surface area contributed by atoms with E-state index in [4.69, 9.17) is 5.11 Å². The minimum atomic E-state index is -0.528. The molecule has 0 atom stereocenters. The van der Waals surface area contributed by atoms with Gasteiger partial charge in [0.05, 0.1) is 0 Å². The molecule has 0 aliphatic heterocycles. The van der Waals surface area contributed by atoms with Crippen molar-refractivity contribution in [2.75, 3.05) is 20.6 Å². The number of aromatic hydroxyl groups is 1. The average molecular weight is 211 g/mol. The SMILES string of the molecule is CN(C)CCCCc1ccc(O)c(F)c1. The molecule has 2 nitrogen and oxygen atoms in total. The summed E-state index contributed by atoms with van der Waals surface area (Å²) in [6.45, 7) is 1.06. The van der Waals surface area contributed by atoms with Crippen LogP contribution in [0.5, 0.6) is 5.75 Å². The van der Waals surface area contributed by atoms with E-state index in [1.54, 1.807) is 6.07 Å². The predicted octanol–water partition coefficient (Wildman–Crippen LogP) is 2.42. The molecule has 84 valence electrons. The van der Waals surface area contributed by atoms with Gasteiger partial charge in [-0.3, -0.25) is 0 Å². The van der Waals surface area contributed by atoms with E-state index in [9.17, 15) is 4.39 Å². The van der Waals surface area contributed by atoms with Crippen molar-refractivity contribution in [1.29, 1.82) is 0 Å². The van der Waals surface area contributed by atoms with Crippen molar-refractivity contribution >= 4 is 0 Å². The third-order valence-corrected chi connectivity index (χ3v) is 2.33. The summed E-state index contributed by atoms with van der Waals surface area (Å²) in [5.74, 6) is -0.799. The Morgan fingerprint density at radius 2 is 2.00 bits per heavy atom. The van der Waals surface area contributed by atoms with Crippen LogP contribution in [0.3, 0.4) is 0 Å². The van der Waals surface area contributed by atoms with Gasteiger partial charge in [-0.1, -0.05) is 6.07 Å². The third-order valence-electron chi connectivity index (χ3n) is 2.33. The molecule has 1 aromatic rings. The highest BCUT2D eigenvalue weighted by atomic mass is 19.1. The monoisotopic (exact) mass is 211 g/mol. The lowest BCUT2D eigenvalue weighted by Crippen LogP contribution is -2.12. The van der Waals surface area contributed by atoms with Gasteiger partial charge < -0.3 is 10.0 Å². The van der Waals surface area contributed by atoms with Gasteiger partial charge in [0.25, 0.3) is 0 Å². The minimum Gasteiger partial charge on any atom is -0.505 e. The molecule has 0 amide bonds. The number of phenols is 1. The van der Waals surface area contributed by atoms with Gasteiger partial charge in [0.1, 0.15) is 0 Å². The largest absolute Gasteiger partial charge is 0.505 e. The highest BCUT2D eigenvalue weighted by Crippen LogP contribution is 2.17. The summed E-state index contributed by atoms with van der Waals surface area (Å²) in [4.78, 5) is 2.14. The summed E-state index contributed by atoms with van der Waals surface area (Å²) in [5, 5.41) is 9.01. The van der Waals surface area contributed by atoms with E-state index in [0.29, 0.717) is 0 Å². The first kappa shape index (κ1) is 12.0. The number of benzene rings is 1. The Morgan fingerprint density at radius 1 is 1.27 bits per heavy atom. The lowest BCUT2D eigenvalue weighted by atomic mass is 10.1. The van der Waals surface area contributed by atoms with Crippen LogP contribution >= 0.6 is 0 Å². The van der Waals surface area contributed by atoms with Gasteiger partial charge in [0, 0.05) is 0 Å². The van der Waals surface area contributed by atoms with Gasteiger partial charge in [-0.15, -0.1) is 0 Å². The van der Waals surface area contributed by atoms with Crippen LogP contribution in [0.15, 0.2) is 18.2 Å². The molecule has 0 spiro atoms. The van der Waals surface area contributed by atoms with Crippen molar-refractivity contribution in [3.63, 3.8) is 0 Å². The quantitative estimate of drug-likeness (QED) is 0.756. The summed E-state index contributed by atoms with van der Waals surface area (Å²) in [6.07, 6.45) is 3.02. The second-order valence-electron chi connectivity index (χ2n) is 4.05. The van der Waals surface area contributed by atoms with E-state index in [0.717, 1.165) is 31.4 Å². The van der Waals surface area contributed by atoms with Gasteiger partial charge >= 0.3 is 0 Å². The predicted molar refractivity (Wildman–Crippen MR) is 59.6 cm³/mol. The summed E-state index contributed by atoms with van der Waals surface area (Å²) >= 11 is 0. The van der Waals surface area contributed by atoms with Crippen LogP contribution in [-0.2, 0) is 6.42 Å². The Hall–Kier alpha value is -1.09. The first-order valence-electron chi connectivity index (χ1n) is 5.21. The molecule has 3 heteroatoms. The molecule has 0 saturated heterocycles. The van der Waals surface area contributed by atoms with E-state index >= 15 is 0 Å². The molecule has 1 aromatic carbocycles. The molecule has 0 saturated carbocycles. The zero-order chi connectivity index (χ0) is 11.3. The molecule has 0 heterocycles. The Kier molecular flexibility index (Phi) is 4.56. The fourth-order valence-electron chi connectivity index (χ4n) is 1.46. The molecular formula is C12H18FNO. The number of aryl methyl sites for hydroxylation is 1. The third kappa shape index (κ3) is 4.30. The second kappa shape index (κ2) is 5.71. The number of rotatable bonds is 5. The van der Waals surface area contributed by atoms with Crippen LogP contribution in [0.25, 0.3) is 0 Å². The highest BCUT2D eigenvalue weighted by molar-refractivity contribution is 5.27. The summed E-state index contributed by atoms with van der Waals surface area (Å²) < 4.78 is 13.0. The van der Waals surface area contributed by atoms with E-state index in [1.165, 1.54) is 12.1 Å². The van der Waals surface area contributed by atoms with Crippen LogP contribution in [0, 0.1) is 5.82 Å². The summed E-state index contributed by atoms with van der Waals surface area (Å²) in [5.41, 5.74) is 0.948. The minimum absolute atomic E-state index is 0.271. The zero-order valence-electron chi connectivity index (χ0n) is 9.33. The molecule has 0 bridgehead atoms. The summed E-state index contributed by atoms with van der Waals surface area (Å²) in [6, 6.07) is 4.59. The molecular weight excluding hydrogens is 193 g/mol. The maximum atomic E-state index is 13.0. The number of hydrogen-bond donors (Lipinski definition) is 1. The molecule has 0 aliphatic carbocycles. The van der Waals surface area contributed by atoms with Crippen molar-refractivity contribution in [3.05, 3.63) is 29.6 Å². The second-order valence-corrected chi connectivity index (χ2v) is 4.05. The molecule has 0 aliphatic rings. The molecule has 0 radical (unpaired) electrons. The maximum absolute atomic E-state index is 13.0. The van der Waals surface area contributed by atoms with E-state index < -0.39 is 5.82 Å². The molecule has 1 rings (SSSR count). The molecule has 1 N–H and O–H groups in total. The lowest BCUT2D eigenvalue weighted by Gasteiger charge is -2.08. The number of phenolic OH excluding ortho intramolecular Hbond substituents is 1. The molecule has 0 unspecified atom stereocenters. The normalized spacial score (nSPS) is 10.9. The van der Waals surface area contributed by atoms with Gasteiger partial charge in [-0.25, -0.2) is 4.39 Å². The number of hydrogen-bond acceptors (Lipinski definition) is 2. The number of nitrogens with zero attached hydrogens (tertiary/aromatic N) is 1. The van der Waals surface area contributed by atoms with Gasteiger partial charge in [0.15, 0.2) is 11.6 Å². The standard InChI is InChI=1S/C12H18FNO/c1-14(2)8-4-3-5-10-6-7-12(15)11(13)9-10/h6-7,9,15H,3-5,8H2,1-2H3. The van der Waals surface area contributed by atoms with E-state index in [-0.39, 0.29) is 5.75 Å². The first-order chi connectivity index (χ1) is 7.09. The van der Waals surface area contributed by atoms with Crippen LogP contribution in [-0.4, -0.2) is 30.6 Å². The topological polar surface area (TPSA) is 23.5 Å².